The summed E-state index contributed by atoms with van der Waals surface area (Å²) in [5.41, 5.74) is 2.48. The van der Waals surface area contributed by atoms with E-state index in [1.807, 2.05) is 13.8 Å². The fourth-order valence-electron chi connectivity index (χ4n) is 2.60. The second kappa shape index (κ2) is 5.50. The maximum Gasteiger partial charge on any atom is 0.167 e. The van der Waals surface area contributed by atoms with E-state index in [1.165, 1.54) is 6.92 Å². The van der Waals surface area contributed by atoms with Gasteiger partial charge in [-0.1, -0.05) is 0 Å². The fourth-order valence-corrected chi connectivity index (χ4v) is 2.60. The summed E-state index contributed by atoms with van der Waals surface area (Å²) in [6.07, 6.45) is 0.661. The Morgan fingerprint density at radius 3 is 2.48 bits per heavy atom. The number of benzene rings is 2. The van der Waals surface area contributed by atoms with Gasteiger partial charge < -0.3 is 9.84 Å². The van der Waals surface area contributed by atoms with Crippen molar-refractivity contribution in [1.29, 1.82) is 0 Å². The van der Waals surface area contributed by atoms with Crippen LogP contribution in [0.2, 0.25) is 0 Å². The van der Waals surface area contributed by atoms with E-state index in [9.17, 15) is 9.90 Å². The largest absolute Gasteiger partial charge is 0.504 e. The van der Waals surface area contributed by atoms with E-state index in [1.54, 1.807) is 36.4 Å². The van der Waals surface area contributed by atoms with Gasteiger partial charge in [-0.25, -0.2) is 0 Å². The number of hydrogen-bond acceptors (Lipinski definition) is 5. The first kappa shape index (κ1) is 15.2. The molecule has 0 radical (unpaired) electrons. The summed E-state index contributed by atoms with van der Waals surface area (Å²) in [4.78, 5) is 11.3. The van der Waals surface area contributed by atoms with Crippen LogP contribution in [-0.2, 0) is 6.42 Å². The summed E-state index contributed by atoms with van der Waals surface area (Å²) in [5, 5.41) is 18.4. The molecule has 5 heteroatoms. The van der Waals surface area contributed by atoms with Gasteiger partial charge in [0.2, 0.25) is 0 Å². The Bertz CT molecular complexity index is 793. The molecule has 118 valence electrons. The monoisotopic (exact) mass is 310 g/mol. The van der Waals surface area contributed by atoms with E-state index in [-0.39, 0.29) is 17.1 Å². The van der Waals surface area contributed by atoms with E-state index < -0.39 is 0 Å². The maximum atomic E-state index is 11.3. The molecule has 0 saturated heterocycles. The van der Waals surface area contributed by atoms with Crippen LogP contribution in [0.3, 0.4) is 0 Å². The van der Waals surface area contributed by atoms with Crippen LogP contribution in [0.15, 0.2) is 46.6 Å². The van der Waals surface area contributed by atoms with Gasteiger partial charge in [0, 0.05) is 17.5 Å². The number of carbonyl (C=O) groups excluding carboxylic acids is 1. The van der Waals surface area contributed by atoms with Crippen molar-refractivity contribution in [2.75, 3.05) is 0 Å². The molecule has 1 N–H and O–H groups in total. The second-order valence-corrected chi connectivity index (χ2v) is 6.25. The van der Waals surface area contributed by atoms with Gasteiger partial charge >= 0.3 is 0 Å². The molecule has 3 rings (SSSR count). The second-order valence-electron chi connectivity index (χ2n) is 6.25. The third-order valence-electron chi connectivity index (χ3n) is 3.74. The highest BCUT2D eigenvalue weighted by atomic mass is 16.5. The number of ketones is 1. The van der Waals surface area contributed by atoms with E-state index in [0.29, 0.717) is 29.1 Å². The van der Waals surface area contributed by atoms with Crippen molar-refractivity contribution in [3.8, 4) is 11.5 Å². The van der Waals surface area contributed by atoms with Crippen molar-refractivity contribution >= 4 is 17.2 Å². The molecule has 2 aromatic carbocycles. The Labute approximate surface area is 134 Å². The molecule has 1 aliphatic rings. The van der Waals surface area contributed by atoms with Crippen LogP contribution in [0.5, 0.6) is 11.5 Å². The number of aromatic hydroxyl groups is 1. The predicted octanol–water partition coefficient (Wildman–Crippen LogP) is 4.72. The first-order chi connectivity index (χ1) is 10.9. The SMILES string of the molecule is CC(=O)c1ccc(N=Nc2ccc(O)c3c2CC(C)(C)O3)cc1. The third kappa shape index (κ3) is 3.08. The summed E-state index contributed by atoms with van der Waals surface area (Å²) < 4.78 is 5.77. The number of rotatable bonds is 3. The normalized spacial score (nSPS) is 15.4. The lowest BCUT2D eigenvalue weighted by Gasteiger charge is -2.16. The number of azo groups is 1. The Morgan fingerprint density at radius 2 is 1.83 bits per heavy atom. The smallest absolute Gasteiger partial charge is 0.167 e. The highest BCUT2D eigenvalue weighted by Crippen LogP contribution is 2.46. The number of ether oxygens (including phenoxy) is 1. The molecule has 1 heterocycles. The number of carbonyl (C=O) groups is 1. The minimum Gasteiger partial charge on any atom is -0.504 e. The minimum atomic E-state index is -0.366. The molecular formula is C18H18N2O3. The lowest BCUT2D eigenvalue weighted by molar-refractivity contribution is 0.101. The fraction of sp³-hybridized carbons (Fsp3) is 0.278. The minimum absolute atomic E-state index is 0.0178. The number of Topliss-reactive ketones (excluding diaryl/α,β-unsaturated/α-hetero) is 1. The van der Waals surface area contributed by atoms with Crippen LogP contribution in [0.1, 0.15) is 36.7 Å². The molecule has 5 nitrogen and oxygen atoms in total. The standard InChI is InChI=1S/C18H18N2O3/c1-11(21)12-4-6-13(7-5-12)19-20-15-8-9-16(22)17-14(15)10-18(2,3)23-17/h4-9,22H,10H2,1-3H3. The average Bonchev–Trinajstić information content (AvgIpc) is 2.83. The number of fused-ring (bicyclic) bond motifs is 1. The summed E-state index contributed by atoms with van der Waals surface area (Å²) in [5.74, 6) is 0.623. The lowest BCUT2D eigenvalue weighted by Crippen LogP contribution is -2.24. The Balaban J connectivity index is 1.89. The van der Waals surface area contributed by atoms with Gasteiger partial charge in [0.25, 0.3) is 0 Å². The third-order valence-corrected chi connectivity index (χ3v) is 3.74. The first-order valence-electron chi connectivity index (χ1n) is 7.42. The molecule has 0 bridgehead atoms. The van der Waals surface area contributed by atoms with Gasteiger partial charge in [0.15, 0.2) is 17.3 Å². The zero-order valence-electron chi connectivity index (χ0n) is 13.3. The molecule has 1 aliphatic heterocycles. The quantitative estimate of drug-likeness (QED) is 0.658. The van der Waals surface area contributed by atoms with E-state index in [4.69, 9.17) is 4.74 Å². The Kier molecular flexibility index (Phi) is 3.64. The van der Waals surface area contributed by atoms with Gasteiger partial charge in [0.05, 0.1) is 11.4 Å². The molecule has 0 aromatic heterocycles. The molecular weight excluding hydrogens is 292 g/mol. The Morgan fingerprint density at radius 1 is 1.13 bits per heavy atom. The number of phenols is 1. The van der Waals surface area contributed by atoms with Gasteiger partial charge in [-0.15, -0.1) is 0 Å². The van der Waals surface area contributed by atoms with Gasteiger partial charge in [-0.05, 0) is 57.2 Å². The van der Waals surface area contributed by atoms with Crippen molar-refractivity contribution in [2.45, 2.75) is 32.8 Å². The van der Waals surface area contributed by atoms with Crippen LogP contribution in [0.25, 0.3) is 0 Å². The van der Waals surface area contributed by atoms with Gasteiger partial charge in [-0.3, -0.25) is 4.79 Å². The molecule has 0 spiro atoms. The molecule has 0 unspecified atom stereocenters. The van der Waals surface area contributed by atoms with E-state index in [0.717, 1.165) is 5.56 Å². The summed E-state index contributed by atoms with van der Waals surface area (Å²) >= 11 is 0. The molecule has 0 saturated carbocycles. The van der Waals surface area contributed by atoms with Crippen molar-refractivity contribution in [3.05, 3.63) is 47.5 Å². The van der Waals surface area contributed by atoms with Crippen LogP contribution < -0.4 is 4.74 Å². The average molecular weight is 310 g/mol. The lowest BCUT2D eigenvalue weighted by atomic mass is 10.0. The maximum absolute atomic E-state index is 11.3. The molecule has 0 amide bonds. The van der Waals surface area contributed by atoms with Crippen LogP contribution >= 0.6 is 0 Å². The van der Waals surface area contributed by atoms with Crippen molar-refractivity contribution in [1.82, 2.24) is 0 Å². The van der Waals surface area contributed by atoms with Crippen LogP contribution in [0.4, 0.5) is 11.4 Å². The van der Waals surface area contributed by atoms with E-state index >= 15 is 0 Å². The summed E-state index contributed by atoms with van der Waals surface area (Å²) in [6.45, 7) is 5.46. The molecule has 0 fully saturated rings. The summed E-state index contributed by atoms with van der Waals surface area (Å²) in [7, 11) is 0. The number of nitrogens with zero attached hydrogens (tertiary/aromatic N) is 2. The molecule has 2 aromatic rings. The topological polar surface area (TPSA) is 71.2 Å². The predicted molar refractivity (Wildman–Crippen MR) is 87.1 cm³/mol. The zero-order valence-corrected chi connectivity index (χ0v) is 13.3. The van der Waals surface area contributed by atoms with Gasteiger partial charge in [-0.2, -0.15) is 10.2 Å². The van der Waals surface area contributed by atoms with E-state index in [2.05, 4.69) is 10.2 Å². The van der Waals surface area contributed by atoms with Crippen molar-refractivity contribution in [2.24, 2.45) is 10.2 Å². The van der Waals surface area contributed by atoms with Crippen molar-refractivity contribution < 1.29 is 14.6 Å². The van der Waals surface area contributed by atoms with Crippen LogP contribution in [-0.4, -0.2) is 16.5 Å². The zero-order chi connectivity index (χ0) is 16.6. The highest BCUT2D eigenvalue weighted by molar-refractivity contribution is 5.94. The number of hydrogen-bond donors (Lipinski definition) is 1. The molecule has 23 heavy (non-hydrogen) atoms. The van der Waals surface area contributed by atoms with Crippen molar-refractivity contribution in [3.63, 3.8) is 0 Å². The van der Waals surface area contributed by atoms with Crippen LogP contribution in [0, 0.1) is 0 Å². The van der Waals surface area contributed by atoms with Gasteiger partial charge in [0.1, 0.15) is 5.60 Å². The Hall–Kier alpha value is -2.69. The summed E-state index contributed by atoms with van der Waals surface area (Å²) in [6, 6.07) is 10.2. The molecule has 0 aliphatic carbocycles. The number of phenolic OH excluding ortho intramolecular Hbond substituents is 1. The highest BCUT2D eigenvalue weighted by Gasteiger charge is 2.34. The molecule has 0 atom stereocenters. The first-order valence-corrected chi connectivity index (χ1v) is 7.42.